The summed E-state index contributed by atoms with van der Waals surface area (Å²) in [4.78, 5) is 27.9. The van der Waals surface area contributed by atoms with Crippen LogP contribution in [0.3, 0.4) is 0 Å². The minimum absolute atomic E-state index is 0.114. The summed E-state index contributed by atoms with van der Waals surface area (Å²) in [5, 5.41) is 3.11. The average Bonchev–Trinajstić information content (AvgIpc) is 2.83. The number of carbonyl (C=O) groups excluding carboxylic acids is 1. The standard InChI is InChI=1S/C24H24F3N5O/c1-16-6-4-13-32(20(16)15-31-21-10-9-17(14-30-21)24(25,26)27)23(33)19-8-3-2-7-18(19)22-28-11-5-12-29-22/h2-3,5,7-12,14,16,20H,4,6,13,15H2,1H3,(H,30,31)/t16-,20?/m1/s1. The van der Waals surface area contributed by atoms with Gasteiger partial charge in [-0.25, -0.2) is 15.0 Å². The number of nitrogens with zero attached hydrogens (tertiary/aromatic N) is 4. The number of aromatic nitrogens is 3. The molecule has 33 heavy (non-hydrogen) atoms. The quantitative estimate of drug-likeness (QED) is 0.592. The molecule has 6 nitrogen and oxygen atoms in total. The van der Waals surface area contributed by atoms with E-state index in [9.17, 15) is 18.0 Å². The molecule has 1 N–H and O–H groups in total. The van der Waals surface area contributed by atoms with Crippen molar-refractivity contribution in [3.8, 4) is 11.4 Å². The van der Waals surface area contributed by atoms with Gasteiger partial charge in [-0.15, -0.1) is 0 Å². The van der Waals surface area contributed by atoms with E-state index < -0.39 is 11.7 Å². The predicted molar refractivity (Wildman–Crippen MR) is 118 cm³/mol. The molecular formula is C24H24F3N5O. The summed E-state index contributed by atoms with van der Waals surface area (Å²) in [6, 6.07) is 11.1. The lowest BCUT2D eigenvalue weighted by molar-refractivity contribution is -0.137. The zero-order valence-electron chi connectivity index (χ0n) is 18.1. The molecule has 2 atom stereocenters. The first kappa shape index (κ1) is 22.7. The molecule has 0 spiro atoms. The van der Waals surface area contributed by atoms with Crippen molar-refractivity contribution in [2.24, 2.45) is 5.92 Å². The number of amides is 1. The maximum absolute atomic E-state index is 13.6. The maximum Gasteiger partial charge on any atom is 0.417 e. The average molecular weight is 455 g/mol. The summed E-state index contributed by atoms with van der Waals surface area (Å²) in [6.07, 6.45) is 1.49. The smallest absolute Gasteiger partial charge is 0.368 e. The van der Waals surface area contributed by atoms with E-state index in [1.807, 2.05) is 23.1 Å². The van der Waals surface area contributed by atoms with Gasteiger partial charge in [-0.2, -0.15) is 13.2 Å². The molecule has 1 unspecified atom stereocenters. The third-order valence-corrected chi connectivity index (χ3v) is 5.92. The van der Waals surface area contributed by atoms with E-state index in [2.05, 4.69) is 27.2 Å². The highest BCUT2D eigenvalue weighted by atomic mass is 19.4. The van der Waals surface area contributed by atoms with Crippen LogP contribution in [0.15, 0.2) is 61.1 Å². The van der Waals surface area contributed by atoms with Crippen LogP contribution in [0.5, 0.6) is 0 Å². The van der Waals surface area contributed by atoms with Crippen LogP contribution in [0, 0.1) is 5.92 Å². The Kier molecular flexibility index (Phi) is 6.57. The molecule has 172 valence electrons. The Morgan fingerprint density at radius 2 is 1.85 bits per heavy atom. The first-order valence-electron chi connectivity index (χ1n) is 10.8. The highest BCUT2D eigenvalue weighted by Crippen LogP contribution is 2.30. The minimum atomic E-state index is -4.43. The predicted octanol–water partition coefficient (Wildman–Crippen LogP) is 4.91. The highest BCUT2D eigenvalue weighted by Gasteiger charge is 2.34. The van der Waals surface area contributed by atoms with Crippen molar-refractivity contribution in [1.82, 2.24) is 19.9 Å². The normalized spacial score (nSPS) is 18.7. The topological polar surface area (TPSA) is 71.0 Å². The lowest BCUT2D eigenvalue weighted by Gasteiger charge is -2.40. The Morgan fingerprint density at radius 3 is 2.55 bits per heavy atom. The Morgan fingerprint density at radius 1 is 1.09 bits per heavy atom. The highest BCUT2D eigenvalue weighted by molar-refractivity contribution is 6.00. The Balaban J connectivity index is 1.54. The molecule has 2 aromatic heterocycles. The monoisotopic (exact) mass is 455 g/mol. The Hall–Kier alpha value is -3.49. The zero-order valence-corrected chi connectivity index (χ0v) is 18.1. The van der Waals surface area contributed by atoms with Crippen molar-refractivity contribution in [2.75, 3.05) is 18.4 Å². The van der Waals surface area contributed by atoms with E-state index in [-0.39, 0.29) is 17.9 Å². The van der Waals surface area contributed by atoms with Crippen LogP contribution < -0.4 is 5.32 Å². The van der Waals surface area contributed by atoms with Gasteiger partial charge in [0.25, 0.3) is 5.91 Å². The third-order valence-electron chi connectivity index (χ3n) is 5.92. The van der Waals surface area contributed by atoms with Gasteiger partial charge in [-0.05, 0) is 43.0 Å². The number of hydrogen-bond acceptors (Lipinski definition) is 5. The Labute approximate surface area is 189 Å². The van der Waals surface area contributed by atoms with Gasteiger partial charge in [0.1, 0.15) is 5.82 Å². The van der Waals surface area contributed by atoms with Crippen LogP contribution in [-0.2, 0) is 6.18 Å². The van der Waals surface area contributed by atoms with E-state index in [1.165, 1.54) is 6.07 Å². The summed E-state index contributed by atoms with van der Waals surface area (Å²) in [5.74, 6) is 0.919. The van der Waals surface area contributed by atoms with Gasteiger partial charge >= 0.3 is 6.18 Å². The van der Waals surface area contributed by atoms with Crippen molar-refractivity contribution >= 4 is 11.7 Å². The number of carbonyl (C=O) groups is 1. The van der Waals surface area contributed by atoms with Gasteiger partial charge in [0.05, 0.1) is 17.2 Å². The summed E-state index contributed by atoms with van der Waals surface area (Å²) in [7, 11) is 0. The number of anilines is 1. The number of halogens is 3. The van der Waals surface area contributed by atoms with Gasteiger partial charge in [-0.1, -0.05) is 25.1 Å². The lowest BCUT2D eigenvalue weighted by Crippen LogP contribution is -2.51. The fraction of sp³-hybridized carbons (Fsp3) is 0.333. The molecule has 9 heteroatoms. The first-order valence-corrected chi connectivity index (χ1v) is 10.8. The zero-order chi connectivity index (χ0) is 23.4. The molecule has 1 fully saturated rings. The molecule has 3 aromatic rings. The van der Waals surface area contributed by atoms with Crippen LogP contribution in [0.4, 0.5) is 19.0 Å². The molecule has 4 rings (SSSR count). The number of hydrogen-bond donors (Lipinski definition) is 1. The number of likely N-dealkylation sites (tertiary alicyclic amines) is 1. The van der Waals surface area contributed by atoms with Gasteiger partial charge in [0.2, 0.25) is 0 Å². The number of pyridine rings is 1. The molecule has 3 heterocycles. The van der Waals surface area contributed by atoms with E-state index in [0.29, 0.717) is 35.9 Å². The molecule has 1 aromatic carbocycles. The number of alkyl halides is 3. The van der Waals surface area contributed by atoms with Crippen molar-refractivity contribution in [3.63, 3.8) is 0 Å². The largest absolute Gasteiger partial charge is 0.417 e. The summed E-state index contributed by atoms with van der Waals surface area (Å²) in [6.45, 7) is 3.06. The van der Waals surface area contributed by atoms with Crippen LogP contribution in [0.2, 0.25) is 0 Å². The summed E-state index contributed by atoms with van der Waals surface area (Å²) in [5.41, 5.74) is 0.392. The third kappa shape index (κ3) is 5.13. The summed E-state index contributed by atoms with van der Waals surface area (Å²) >= 11 is 0. The van der Waals surface area contributed by atoms with Crippen LogP contribution in [0.25, 0.3) is 11.4 Å². The summed E-state index contributed by atoms with van der Waals surface area (Å²) < 4.78 is 38.4. The fourth-order valence-electron chi connectivity index (χ4n) is 4.15. The van der Waals surface area contributed by atoms with E-state index in [1.54, 1.807) is 24.5 Å². The molecule has 0 saturated carbocycles. The number of rotatable bonds is 5. The van der Waals surface area contributed by atoms with Gasteiger partial charge < -0.3 is 10.2 Å². The second-order valence-corrected chi connectivity index (χ2v) is 8.11. The van der Waals surface area contributed by atoms with Crippen molar-refractivity contribution in [1.29, 1.82) is 0 Å². The minimum Gasteiger partial charge on any atom is -0.368 e. The van der Waals surface area contributed by atoms with Gasteiger partial charge in [-0.3, -0.25) is 4.79 Å². The molecule has 1 aliphatic heterocycles. The van der Waals surface area contributed by atoms with Crippen molar-refractivity contribution in [2.45, 2.75) is 32.0 Å². The second kappa shape index (κ2) is 9.56. The fourth-order valence-corrected chi connectivity index (χ4v) is 4.15. The second-order valence-electron chi connectivity index (χ2n) is 8.11. The van der Waals surface area contributed by atoms with E-state index >= 15 is 0 Å². The number of benzene rings is 1. The van der Waals surface area contributed by atoms with Gasteiger partial charge in [0.15, 0.2) is 5.82 Å². The molecule has 0 aliphatic carbocycles. The number of nitrogens with one attached hydrogen (secondary N) is 1. The number of piperidine rings is 1. The molecule has 0 bridgehead atoms. The molecule has 1 aliphatic rings. The van der Waals surface area contributed by atoms with E-state index in [0.717, 1.165) is 25.1 Å². The maximum atomic E-state index is 13.6. The van der Waals surface area contributed by atoms with Gasteiger partial charge in [0, 0.05) is 37.2 Å². The SMILES string of the molecule is C[C@@H]1CCCN(C(=O)c2ccccc2-c2ncccn2)C1CNc1ccc(C(F)(F)F)cn1. The molecule has 1 saturated heterocycles. The van der Waals surface area contributed by atoms with E-state index in [4.69, 9.17) is 0 Å². The lowest BCUT2D eigenvalue weighted by atomic mass is 9.89. The molecule has 1 amide bonds. The van der Waals surface area contributed by atoms with Crippen LogP contribution >= 0.6 is 0 Å². The Bertz CT molecular complexity index is 1090. The van der Waals surface area contributed by atoms with Crippen molar-refractivity contribution in [3.05, 3.63) is 72.2 Å². The molecule has 0 radical (unpaired) electrons. The van der Waals surface area contributed by atoms with Crippen LogP contribution in [-0.4, -0.2) is 44.9 Å². The first-order chi connectivity index (χ1) is 15.8. The van der Waals surface area contributed by atoms with Crippen molar-refractivity contribution < 1.29 is 18.0 Å². The molecular weight excluding hydrogens is 431 g/mol. The van der Waals surface area contributed by atoms with Crippen LogP contribution in [0.1, 0.15) is 35.7 Å².